The van der Waals surface area contributed by atoms with E-state index in [2.05, 4.69) is 9.97 Å². The van der Waals surface area contributed by atoms with Crippen molar-refractivity contribution in [3.63, 3.8) is 0 Å². The molecule has 1 fully saturated rings. The molecule has 0 bridgehead atoms. The van der Waals surface area contributed by atoms with E-state index in [1.165, 1.54) is 0 Å². The Labute approximate surface area is 133 Å². The number of ether oxygens (including phenoxy) is 1. The number of methoxy groups -OCH3 is 1. The van der Waals surface area contributed by atoms with Crippen molar-refractivity contribution in [3.8, 4) is 5.88 Å². The summed E-state index contributed by atoms with van der Waals surface area (Å²) in [7, 11) is 1.54. The van der Waals surface area contributed by atoms with E-state index < -0.39 is 5.97 Å². The lowest BCUT2D eigenvalue weighted by Crippen LogP contribution is -2.30. The highest BCUT2D eigenvalue weighted by Crippen LogP contribution is 2.36. The third kappa shape index (κ3) is 2.83. The molecule has 0 radical (unpaired) electrons. The highest BCUT2D eigenvalue weighted by atomic mass is 16.5. The van der Waals surface area contributed by atoms with Gasteiger partial charge in [-0.3, -0.25) is 9.36 Å². The fourth-order valence-corrected chi connectivity index (χ4v) is 3.53. The molecule has 124 valence electrons. The van der Waals surface area contributed by atoms with Crippen LogP contribution in [0.25, 0.3) is 11.2 Å². The molecular weight excluding hydrogens is 298 g/mol. The van der Waals surface area contributed by atoms with Crippen LogP contribution in [0.4, 0.5) is 0 Å². The van der Waals surface area contributed by atoms with Crippen LogP contribution >= 0.6 is 0 Å². The SMILES string of the molecule is COc1ccc2[nH]c(=O)n(C(C)C3CCC(C(=O)O)CC3)c2n1. The third-order valence-corrected chi connectivity index (χ3v) is 4.96. The maximum absolute atomic E-state index is 12.3. The molecule has 0 amide bonds. The van der Waals surface area contributed by atoms with E-state index in [0.29, 0.717) is 29.9 Å². The normalized spacial score (nSPS) is 22.9. The first kappa shape index (κ1) is 15.6. The van der Waals surface area contributed by atoms with E-state index in [-0.39, 0.29) is 23.6 Å². The quantitative estimate of drug-likeness (QED) is 0.900. The monoisotopic (exact) mass is 319 g/mol. The third-order valence-electron chi connectivity index (χ3n) is 4.96. The molecule has 1 aliphatic rings. The van der Waals surface area contributed by atoms with Crippen molar-refractivity contribution < 1.29 is 14.6 Å². The summed E-state index contributed by atoms with van der Waals surface area (Å²) in [5, 5.41) is 9.11. The average Bonchev–Trinajstić information content (AvgIpc) is 2.89. The van der Waals surface area contributed by atoms with Crippen LogP contribution in [0, 0.1) is 11.8 Å². The van der Waals surface area contributed by atoms with E-state index in [9.17, 15) is 9.59 Å². The van der Waals surface area contributed by atoms with E-state index in [0.717, 1.165) is 12.8 Å². The van der Waals surface area contributed by atoms with E-state index in [4.69, 9.17) is 9.84 Å². The fraction of sp³-hybridized carbons (Fsp3) is 0.562. The molecule has 2 N–H and O–H groups in total. The van der Waals surface area contributed by atoms with Crippen molar-refractivity contribution in [2.75, 3.05) is 7.11 Å². The molecule has 7 heteroatoms. The number of carbonyl (C=O) groups is 1. The Kier molecular flexibility index (Phi) is 4.11. The molecule has 0 saturated heterocycles. The van der Waals surface area contributed by atoms with Crippen LogP contribution in [0.1, 0.15) is 38.6 Å². The molecule has 0 spiro atoms. The van der Waals surface area contributed by atoms with Crippen molar-refractivity contribution >= 4 is 17.1 Å². The summed E-state index contributed by atoms with van der Waals surface area (Å²) in [6, 6.07) is 3.46. The molecule has 23 heavy (non-hydrogen) atoms. The number of hydrogen-bond donors (Lipinski definition) is 2. The van der Waals surface area contributed by atoms with Crippen molar-refractivity contribution in [2.45, 2.75) is 38.6 Å². The highest BCUT2D eigenvalue weighted by molar-refractivity contribution is 5.71. The summed E-state index contributed by atoms with van der Waals surface area (Å²) in [4.78, 5) is 30.6. The van der Waals surface area contributed by atoms with Gasteiger partial charge in [-0.2, -0.15) is 4.98 Å². The second-order valence-corrected chi connectivity index (χ2v) is 6.22. The summed E-state index contributed by atoms with van der Waals surface area (Å²) in [6.07, 6.45) is 2.94. The standard InChI is InChI=1S/C16H21N3O4/c1-9(10-3-5-11(6-4-10)15(20)21)19-14-12(17-16(19)22)7-8-13(18-14)23-2/h7-11H,3-6H2,1-2H3,(H,17,22)(H,20,21). The van der Waals surface area contributed by atoms with Crippen molar-refractivity contribution in [3.05, 3.63) is 22.6 Å². The second-order valence-electron chi connectivity index (χ2n) is 6.22. The number of aromatic amines is 1. The summed E-state index contributed by atoms with van der Waals surface area (Å²) in [5.74, 6) is -0.231. The Balaban J connectivity index is 1.89. The van der Waals surface area contributed by atoms with Crippen molar-refractivity contribution in [2.24, 2.45) is 11.8 Å². The molecule has 3 rings (SSSR count). The van der Waals surface area contributed by atoms with Gasteiger partial charge in [0.15, 0.2) is 5.65 Å². The number of rotatable bonds is 4. The number of imidazole rings is 1. The minimum absolute atomic E-state index is 0.0365. The molecule has 1 saturated carbocycles. The highest BCUT2D eigenvalue weighted by Gasteiger charge is 2.31. The smallest absolute Gasteiger partial charge is 0.327 e. The van der Waals surface area contributed by atoms with E-state index in [1.807, 2.05) is 6.92 Å². The minimum atomic E-state index is -0.716. The van der Waals surface area contributed by atoms with Crippen LogP contribution in [0.5, 0.6) is 5.88 Å². The van der Waals surface area contributed by atoms with Crippen molar-refractivity contribution in [1.29, 1.82) is 0 Å². The molecular formula is C16H21N3O4. The van der Waals surface area contributed by atoms with E-state index >= 15 is 0 Å². The van der Waals surface area contributed by atoms with Crippen LogP contribution in [0.15, 0.2) is 16.9 Å². The summed E-state index contributed by atoms with van der Waals surface area (Å²) >= 11 is 0. The fourth-order valence-electron chi connectivity index (χ4n) is 3.53. The predicted molar refractivity (Wildman–Crippen MR) is 84.7 cm³/mol. The molecule has 2 heterocycles. The Morgan fingerprint density at radius 1 is 1.39 bits per heavy atom. The number of aliphatic carboxylic acids is 1. The Bertz CT molecular complexity index is 771. The van der Waals surface area contributed by atoms with Crippen molar-refractivity contribution in [1.82, 2.24) is 14.5 Å². The predicted octanol–water partition coefficient (Wildman–Crippen LogP) is 2.19. The summed E-state index contributed by atoms with van der Waals surface area (Å²) in [5.41, 5.74) is 1.08. The molecule has 2 aromatic heterocycles. The molecule has 1 aliphatic carbocycles. The molecule has 2 aromatic rings. The lowest BCUT2D eigenvalue weighted by Gasteiger charge is -2.30. The Morgan fingerprint density at radius 2 is 2.09 bits per heavy atom. The van der Waals surface area contributed by atoms with Gasteiger partial charge < -0.3 is 14.8 Å². The zero-order valence-electron chi connectivity index (χ0n) is 13.3. The largest absolute Gasteiger partial charge is 0.481 e. The lowest BCUT2D eigenvalue weighted by atomic mass is 9.79. The Morgan fingerprint density at radius 3 is 2.70 bits per heavy atom. The second kappa shape index (κ2) is 6.06. The van der Waals surface area contributed by atoms with Crippen LogP contribution in [0.2, 0.25) is 0 Å². The van der Waals surface area contributed by atoms with Crippen LogP contribution < -0.4 is 10.4 Å². The first-order valence-electron chi connectivity index (χ1n) is 7.89. The Hall–Kier alpha value is -2.31. The molecule has 0 aliphatic heterocycles. The maximum Gasteiger partial charge on any atom is 0.327 e. The van der Waals surface area contributed by atoms with Gasteiger partial charge in [0.2, 0.25) is 5.88 Å². The van der Waals surface area contributed by atoms with Gasteiger partial charge >= 0.3 is 11.7 Å². The van der Waals surface area contributed by atoms with Gasteiger partial charge in [-0.25, -0.2) is 4.79 Å². The number of aromatic nitrogens is 3. The van der Waals surface area contributed by atoms with Gasteiger partial charge in [-0.05, 0) is 44.6 Å². The van der Waals surface area contributed by atoms with Gasteiger partial charge in [0.05, 0.1) is 18.5 Å². The molecule has 1 unspecified atom stereocenters. The first-order valence-corrected chi connectivity index (χ1v) is 7.89. The average molecular weight is 319 g/mol. The zero-order chi connectivity index (χ0) is 16.6. The summed E-state index contributed by atoms with van der Waals surface area (Å²) in [6.45, 7) is 2.00. The zero-order valence-corrected chi connectivity index (χ0v) is 13.3. The van der Waals surface area contributed by atoms with Crippen LogP contribution in [-0.4, -0.2) is 32.7 Å². The number of nitrogens with one attached hydrogen (secondary N) is 1. The molecule has 1 atom stereocenters. The van der Waals surface area contributed by atoms with Gasteiger partial charge in [0, 0.05) is 12.1 Å². The van der Waals surface area contributed by atoms with Gasteiger partial charge in [-0.1, -0.05) is 0 Å². The maximum atomic E-state index is 12.3. The van der Waals surface area contributed by atoms with Gasteiger partial charge in [0.25, 0.3) is 0 Å². The number of H-pyrrole nitrogens is 1. The first-order chi connectivity index (χ1) is 11.0. The molecule has 0 aromatic carbocycles. The lowest BCUT2D eigenvalue weighted by molar-refractivity contribution is -0.143. The number of fused-ring (bicyclic) bond motifs is 1. The number of hydrogen-bond acceptors (Lipinski definition) is 4. The number of carboxylic acid groups (broad SMARTS) is 1. The number of carboxylic acids is 1. The van der Waals surface area contributed by atoms with Gasteiger partial charge in [0.1, 0.15) is 0 Å². The number of pyridine rings is 1. The van der Waals surface area contributed by atoms with Gasteiger partial charge in [-0.15, -0.1) is 0 Å². The van der Waals surface area contributed by atoms with Crippen LogP contribution in [-0.2, 0) is 4.79 Å². The number of nitrogens with zero attached hydrogens (tertiary/aromatic N) is 2. The molecule has 7 nitrogen and oxygen atoms in total. The minimum Gasteiger partial charge on any atom is -0.481 e. The van der Waals surface area contributed by atoms with E-state index in [1.54, 1.807) is 23.8 Å². The van der Waals surface area contributed by atoms with Crippen LogP contribution in [0.3, 0.4) is 0 Å². The topological polar surface area (TPSA) is 97.2 Å². The summed E-state index contributed by atoms with van der Waals surface area (Å²) < 4.78 is 6.82.